The number of hydrogen-bond donors (Lipinski definition) is 1. The van der Waals surface area contributed by atoms with E-state index in [-0.39, 0.29) is 17.5 Å². The molecule has 134 valence electrons. The molecule has 1 unspecified atom stereocenters. The second-order valence-electron chi connectivity index (χ2n) is 6.70. The number of nitrogens with one attached hydrogen (secondary N) is 1. The van der Waals surface area contributed by atoms with Crippen molar-refractivity contribution < 1.29 is 13.2 Å². The van der Waals surface area contributed by atoms with Crippen LogP contribution in [0.2, 0.25) is 0 Å². The Morgan fingerprint density at radius 2 is 2.08 bits per heavy atom. The van der Waals surface area contributed by atoms with E-state index in [1.807, 2.05) is 35.7 Å². The average Bonchev–Trinajstić information content (AvgIpc) is 3.12. The number of nitrogens with zero attached hydrogens (tertiary/aromatic N) is 2. The van der Waals surface area contributed by atoms with Gasteiger partial charge in [0.15, 0.2) is 9.84 Å². The number of rotatable bonds is 4. The van der Waals surface area contributed by atoms with Crippen LogP contribution in [0.3, 0.4) is 0 Å². The summed E-state index contributed by atoms with van der Waals surface area (Å²) in [4.78, 5) is 18.5. The summed E-state index contributed by atoms with van der Waals surface area (Å²) in [6.07, 6.45) is 0.448. The van der Waals surface area contributed by atoms with Crippen LogP contribution < -0.4 is 5.32 Å². The van der Waals surface area contributed by atoms with Gasteiger partial charge in [0.05, 0.1) is 29.3 Å². The normalized spacial score (nSPS) is 21.8. The molecule has 0 aliphatic carbocycles. The zero-order valence-electron chi connectivity index (χ0n) is 14.2. The summed E-state index contributed by atoms with van der Waals surface area (Å²) in [6.45, 7) is 2.15. The Morgan fingerprint density at radius 3 is 2.72 bits per heavy atom. The summed E-state index contributed by atoms with van der Waals surface area (Å²) in [6, 6.07) is 9.60. The Labute approximate surface area is 151 Å². The molecule has 3 rings (SSSR count). The molecule has 1 aliphatic rings. The molecule has 1 aliphatic heterocycles. The average molecular weight is 380 g/mol. The van der Waals surface area contributed by atoms with Crippen LogP contribution in [0.25, 0.3) is 10.6 Å². The third kappa shape index (κ3) is 4.38. The smallest absolute Gasteiger partial charge is 0.317 e. The molecule has 0 spiro atoms. The largest absolute Gasteiger partial charge is 0.332 e. The minimum Gasteiger partial charge on any atom is -0.332 e. The Kier molecular flexibility index (Phi) is 4.83. The van der Waals surface area contributed by atoms with Crippen molar-refractivity contribution in [1.82, 2.24) is 15.2 Å². The number of aromatic nitrogens is 1. The van der Waals surface area contributed by atoms with E-state index in [2.05, 4.69) is 10.3 Å². The zero-order valence-corrected chi connectivity index (χ0v) is 15.9. The SMILES string of the molecule is CN(Cc1csc(-c2ccccc2)n1)C(=O)NC1(C)CCS(=O)(=O)C1. The second kappa shape index (κ2) is 6.76. The lowest BCUT2D eigenvalue weighted by Gasteiger charge is -2.27. The predicted octanol–water partition coefficient (Wildman–Crippen LogP) is 2.53. The van der Waals surface area contributed by atoms with Gasteiger partial charge in [-0.3, -0.25) is 0 Å². The molecule has 0 saturated carbocycles. The highest BCUT2D eigenvalue weighted by Crippen LogP contribution is 2.25. The van der Waals surface area contributed by atoms with Crippen LogP contribution in [0, 0.1) is 0 Å². The highest BCUT2D eigenvalue weighted by molar-refractivity contribution is 7.91. The summed E-state index contributed by atoms with van der Waals surface area (Å²) in [5.41, 5.74) is 1.17. The molecule has 1 fully saturated rings. The van der Waals surface area contributed by atoms with Crippen LogP contribution in [0.5, 0.6) is 0 Å². The fourth-order valence-corrected chi connectivity index (χ4v) is 5.78. The number of sulfone groups is 1. The van der Waals surface area contributed by atoms with Gasteiger partial charge in [-0.25, -0.2) is 18.2 Å². The first-order chi connectivity index (χ1) is 11.8. The summed E-state index contributed by atoms with van der Waals surface area (Å²) in [7, 11) is -1.37. The summed E-state index contributed by atoms with van der Waals surface area (Å²) >= 11 is 1.54. The molecule has 2 amide bonds. The Morgan fingerprint density at radius 1 is 1.36 bits per heavy atom. The van der Waals surface area contributed by atoms with Crippen molar-refractivity contribution in [3.05, 3.63) is 41.4 Å². The maximum atomic E-state index is 12.4. The molecule has 0 bridgehead atoms. The number of urea groups is 1. The fourth-order valence-electron chi connectivity index (χ4n) is 2.87. The fraction of sp³-hybridized carbons (Fsp3) is 0.412. The Bertz CT molecular complexity index is 864. The number of thiazole rings is 1. The Hall–Kier alpha value is -1.93. The molecule has 1 saturated heterocycles. The monoisotopic (exact) mass is 379 g/mol. The highest BCUT2D eigenvalue weighted by atomic mass is 32.2. The van der Waals surface area contributed by atoms with Gasteiger partial charge in [-0.05, 0) is 13.3 Å². The van der Waals surface area contributed by atoms with E-state index < -0.39 is 15.4 Å². The predicted molar refractivity (Wildman–Crippen MR) is 99.2 cm³/mol. The number of benzene rings is 1. The van der Waals surface area contributed by atoms with Crippen LogP contribution in [0.4, 0.5) is 4.79 Å². The molecule has 6 nitrogen and oxygen atoms in total. The third-order valence-corrected chi connectivity index (χ3v) is 7.07. The molecule has 0 radical (unpaired) electrons. The molecular formula is C17H21N3O3S2. The number of hydrogen-bond acceptors (Lipinski definition) is 5. The first kappa shape index (κ1) is 17.9. The van der Waals surface area contributed by atoms with Gasteiger partial charge in [-0.2, -0.15) is 0 Å². The molecule has 2 heterocycles. The van der Waals surface area contributed by atoms with Crippen LogP contribution >= 0.6 is 11.3 Å². The van der Waals surface area contributed by atoms with E-state index in [1.54, 1.807) is 14.0 Å². The highest BCUT2D eigenvalue weighted by Gasteiger charge is 2.39. The first-order valence-corrected chi connectivity index (χ1v) is 10.7. The molecule has 1 atom stereocenters. The lowest BCUT2D eigenvalue weighted by Crippen LogP contribution is -2.51. The van der Waals surface area contributed by atoms with Crippen LogP contribution in [0.1, 0.15) is 19.0 Å². The molecule has 25 heavy (non-hydrogen) atoms. The molecule has 1 aromatic carbocycles. The van der Waals surface area contributed by atoms with Gasteiger partial charge in [-0.1, -0.05) is 30.3 Å². The standard InChI is InChI=1S/C17H21N3O3S2/c1-17(8-9-25(22,23)12-17)19-16(21)20(2)10-14-11-24-15(18-14)13-6-4-3-5-7-13/h3-7,11H,8-10,12H2,1-2H3,(H,19,21). The van der Waals surface area contributed by atoms with E-state index in [4.69, 9.17) is 0 Å². The molecular weight excluding hydrogens is 358 g/mol. The van der Waals surface area contributed by atoms with Crippen molar-refractivity contribution in [3.8, 4) is 10.6 Å². The van der Waals surface area contributed by atoms with Crippen LogP contribution in [0.15, 0.2) is 35.7 Å². The number of amides is 2. The van der Waals surface area contributed by atoms with E-state index >= 15 is 0 Å². The van der Waals surface area contributed by atoms with Crippen molar-refractivity contribution >= 4 is 27.2 Å². The van der Waals surface area contributed by atoms with E-state index in [9.17, 15) is 13.2 Å². The van der Waals surface area contributed by atoms with Crippen molar-refractivity contribution in [1.29, 1.82) is 0 Å². The summed E-state index contributed by atoms with van der Waals surface area (Å²) < 4.78 is 23.3. The van der Waals surface area contributed by atoms with Gasteiger partial charge in [0.1, 0.15) is 5.01 Å². The first-order valence-electron chi connectivity index (χ1n) is 8.00. The van der Waals surface area contributed by atoms with Crippen molar-refractivity contribution in [2.24, 2.45) is 0 Å². The van der Waals surface area contributed by atoms with E-state index in [0.717, 1.165) is 16.3 Å². The quantitative estimate of drug-likeness (QED) is 0.885. The molecule has 1 aromatic heterocycles. The Balaban J connectivity index is 1.62. The van der Waals surface area contributed by atoms with Gasteiger partial charge in [0.2, 0.25) is 0 Å². The third-order valence-electron chi connectivity index (χ3n) is 4.23. The molecule has 2 aromatic rings. The molecule has 1 N–H and O–H groups in total. The lowest BCUT2D eigenvalue weighted by atomic mass is 10.0. The van der Waals surface area contributed by atoms with Gasteiger partial charge < -0.3 is 10.2 Å². The van der Waals surface area contributed by atoms with E-state index in [0.29, 0.717) is 13.0 Å². The van der Waals surface area contributed by atoms with Gasteiger partial charge in [0.25, 0.3) is 0 Å². The van der Waals surface area contributed by atoms with Crippen LogP contribution in [-0.2, 0) is 16.4 Å². The second-order valence-corrected chi connectivity index (χ2v) is 9.74. The number of carbonyl (C=O) groups excluding carboxylic acids is 1. The maximum Gasteiger partial charge on any atom is 0.317 e. The van der Waals surface area contributed by atoms with Gasteiger partial charge >= 0.3 is 6.03 Å². The topological polar surface area (TPSA) is 79.4 Å². The summed E-state index contributed by atoms with van der Waals surface area (Å²) in [5.74, 6) is 0.119. The van der Waals surface area contributed by atoms with Gasteiger partial charge in [0, 0.05) is 18.0 Å². The molecule has 8 heteroatoms. The maximum absolute atomic E-state index is 12.4. The minimum atomic E-state index is -3.06. The van der Waals surface area contributed by atoms with Crippen molar-refractivity contribution in [2.75, 3.05) is 18.6 Å². The van der Waals surface area contributed by atoms with E-state index in [1.165, 1.54) is 16.2 Å². The lowest BCUT2D eigenvalue weighted by molar-refractivity contribution is 0.195. The summed E-state index contributed by atoms with van der Waals surface area (Å²) in [5, 5.41) is 5.71. The van der Waals surface area contributed by atoms with Crippen molar-refractivity contribution in [2.45, 2.75) is 25.4 Å². The number of carbonyl (C=O) groups is 1. The minimum absolute atomic E-state index is 0.00552. The zero-order chi connectivity index (χ0) is 18.1. The van der Waals surface area contributed by atoms with Crippen LogP contribution in [-0.4, -0.2) is 48.4 Å². The van der Waals surface area contributed by atoms with Crippen molar-refractivity contribution in [3.63, 3.8) is 0 Å². The van der Waals surface area contributed by atoms with Gasteiger partial charge in [-0.15, -0.1) is 11.3 Å².